The van der Waals surface area contributed by atoms with Crippen molar-refractivity contribution in [3.63, 3.8) is 0 Å². The first-order valence-corrected chi connectivity index (χ1v) is 6.81. The van der Waals surface area contributed by atoms with Crippen LogP contribution in [-0.4, -0.2) is 40.6 Å². The fourth-order valence-corrected chi connectivity index (χ4v) is 1.98. The van der Waals surface area contributed by atoms with Gasteiger partial charge >= 0.3 is 12.0 Å². The van der Waals surface area contributed by atoms with Gasteiger partial charge in [-0.25, -0.2) is 9.59 Å². The lowest BCUT2D eigenvalue weighted by Gasteiger charge is -2.26. The zero-order valence-electron chi connectivity index (χ0n) is 11.5. The number of hydrogen-bond acceptors (Lipinski definition) is 2. The van der Waals surface area contributed by atoms with Crippen LogP contribution in [0.3, 0.4) is 0 Å². The molecule has 1 aliphatic carbocycles. The van der Waals surface area contributed by atoms with Crippen LogP contribution in [0.15, 0.2) is 0 Å². The standard InChI is InChI=1S/C13H24N2O3/c1-4-8-15(10-6-7-10)13(18)14-11(12(16)17)9(3)5-2/h9-11H,4-8H2,1-3H3,(H,14,18)(H,16,17)/t9-,11-/m0/s1. The Morgan fingerprint density at radius 1 is 1.39 bits per heavy atom. The van der Waals surface area contributed by atoms with Crippen LogP contribution in [0.4, 0.5) is 4.79 Å². The molecular weight excluding hydrogens is 232 g/mol. The normalized spacial score (nSPS) is 17.9. The zero-order chi connectivity index (χ0) is 13.7. The Kier molecular flexibility index (Phi) is 5.44. The third-order valence-corrected chi connectivity index (χ3v) is 3.47. The van der Waals surface area contributed by atoms with Crippen molar-refractivity contribution in [2.75, 3.05) is 6.54 Å². The molecule has 1 fully saturated rings. The van der Waals surface area contributed by atoms with Crippen LogP contribution in [-0.2, 0) is 4.79 Å². The number of carbonyl (C=O) groups excluding carboxylic acids is 1. The highest BCUT2D eigenvalue weighted by molar-refractivity contribution is 5.83. The molecule has 5 nitrogen and oxygen atoms in total. The van der Waals surface area contributed by atoms with E-state index in [1.54, 1.807) is 4.90 Å². The Balaban J connectivity index is 2.61. The molecule has 0 radical (unpaired) electrons. The fourth-order valence-electron chi connectivity index (χ4n) is 1.98. The molecule has 0 saturated heterocycles. The van der Waals surface area contributed by atoms with Gasteiger partial charge in [-0.1, -0.05) is 27.2 Å². The number of carboxylic acid groups (broad SMARTS) is 1. The van der Waals surface area contributed by atoms with Crippen molar-refractivity contribution >= 4 is 12.0 Å². The Labute approximate surface area is 109 Å². The molecule has 0 aliphatic heterocycles. The molecule has 0 bridgehead atoms. The molecule has 1 rings (SSSR count). The topological polar surface area (TPSA) is 69.6 Å². The maximum atomic E-state index is 12.1. The molecule has 1 aliphatic rings. The first-order chi connectivity index (χ1) is 8.51. The third kappa shape index (κ3) is 3.89. The Morgan fingerprint density at radius 2 is 2.00 bits per heavy atom. The molecule has 104 valence electrons. The minimum atomic E-state index is -0.954. The number of carboxylic acids is 1. The highest BCUT2D eigenvalue weighted by atomic mass is 16.4. The van der Waals surface area contributed by atoms with Crippen molar-refractivity contribution in [3.8, 4) is 0 Å². The van der Waals surface area contributed by atoms with Crippen LogP contribution >= 0.6 is 0 Å². The SMILES string of the molecule is CCCN(C(=O)N[C@H](C(=O)O)[C@@H](C)CC)C1CC1. The summed E-state index contributed by atoms with van der Waals surface area (Å²) in [4.78, 5) is 25.0. The number of rotatable bonds is 7. The van der Waals surface area contributed by atoms with E-state index >= 15 is 0 Å². The van der Waals surface area contributed by atoms with E-state index in [4.69, 9.17) is 5.11 Å². The van der Waals surface area contributed by atoms with Crippen molar-refractivity contribution in [2.45, 2.75) is 58.5 Å². The number of nitrogens with zero attached hydrogens (tertiary/aromatic N) is 1. The molecule has 5 heteroatoms. The molecule has 2 amide bonds. The van der Waals surface area contributed by atoms with Crippen LogP contribution in [0.2, 0.25) is 0 Å². The summed E-state index contributed by atoms with van der Waals surface area (Å²) in [6.45, 7) is 6.49. The van der Waals surface area contributed by atoms with Crippen molar-refractivity contribution < 1.29 is 14.7 Å². The van der Waals surface area contributed by atoms with Gasteiger partial charge in [0.15, 0.2) is 0 Å². The van der Waals surface area contributed by atoms with Crippen LogP contribution in [0.5, 0.6) is 0 Å². The third-order valence-electron chi connectivity index (χ3n) is 3.47. The lowest BCUT2D eigenvalue weighted by molar-refractivity contribution is -0.140. The Bertz CT molecular complexity index is 303. The summed E-state index contributed by atoms with van der Waals surface area (Å²) in [5.74, 6) is -1.01. The molecule has 0 aromatic carbocycles. The van der Waals surface area contributed by atoms with E-state index in [-0.39, 0.29) is 11.9 Å². The number of urea groups is 1. The molecule has 2 atom stereocenters. The van der Waals surface area contributed by atoms with Gasteiger partial charge in [-0.15, -0.1) is 0 Å². The predicted octanol–water partition coefficient (Wildman–Crippen LogP) is 2.07. The van der Waals surface area contributed by atoms with E-state index in [9.17, 15) is 9.59 Å². The zero-order valence-corrected chi connectivity index (χ0v) is 11.5. The number of aliphatic carboxylic acids is 1. The van der Waals surface area contributed by atoms with Crippen molar-refractivity contribution in [1.82, 2.24) is 10.2 Å². The van der Waals surface area contributed by atoms with Crippen molar-refractivity contribution in [1.29, 1.82) is 0 Å². The van der Waals surface area contributed by atoms with Crippen LogP contribution in [0.1, 0.15) is 46.5 Å². The quantitative estimate of drug-likeness (QED) is 0.732. The van der Waals surface area contributed by atoms with Gasteiger partial charge in [-0.2, -0.15) is 0 Å². The molecule has 0 unspecified atom stereocenters. The Hall–Kier alpha value is -1.26. The van der Waals surface area contributed by atoms with Crippen LogP contribution in [0, 0.1) is 5.92 Å². The molecule has 0 heterocycles. The summed E-state index contributed by atoms with van der Waals surface area (Å²) in [5.41, 5.74) is 0. The monoisotopic (exact) mass is 256 g/mol. The second-order valence-corrected chi connectivity index (χ2v) is 5.08. The van der Waals surface area contributed by atoms with Crippen LogP contribution in [0.25, 0.3) is 0 Å². The van der Waals surface area contributed by atoms with E-state index in [1.165, 1.54) is 0 Å². The van der Waals surface area contributed by atoms with Gasteiger partial charge in [0.25, 0.3) is 0 Å². The fraction of sp³-hybridized carbons (Fsp3) is 0.846. The second kappa shape index (κ2) is 6.61. The highest BCUT2D eigenvalue weighted by Crippen LogP contribution is 2.27. The first kappa shape index (κ1) is 14.8. The average molecular weight is 256 g/mol. The number of nitrogens with one attached hydrogen (secondary N) is 1. The molecule has 18 heavy (non-hydrogen) atoms. The van der Waals surface area contributed by atoms with E-state index in [2.05, 4.69) is 5.32 Å². The van der Waals surface area contributed by atoms with E-state index < -0.39 is 12.0 Å². The van der Waals surface area contributed by atoms with Gasteiger partial charge in [0.2, 0.25) is 0 Å². The minimum Gasteiger partial charge on any atom is -0.480 e. The lowest BCUT2D eigenvalue weighted by atomic mass is 9.99. The predicted molar refractivity (Wildman–Crippen MR) is 69.4 cm³/mol. The lowest BCUT2D eigenvalue weighted by Crippen LogP contribution is -2.51. The summed E-state index contributed by atoms with van der Waals surface area (Å²) in [7, 11) is 0. The van der Waals surface area contributed by atoms with Crippen molar-refractivity contribution in [3.05, 3.63) is 0 Å². The van der Waals surface area contributed by atoms with Gasteiger partial charge in [-0.3, -0.25) is 0 Å². The Morgan fingerprint density at radius 3 is 2.39 bits per heavy atom. The number of hydrogen-bond donors (Lipinski definition) is 2. The largest absolute Gasteiger partial charge is 0.480 e. The van der Waals surface area contributed by atoms with E-state index in [1.807, 2.05) is 20.8 Å². The van der Waals surface area contributed by atoms with Crippen LogP contribution < -0.4 is 5.32 Å². The summed E-state index contributed by atoms with van der Waals surface area (Å²) in [6, 6.07) is -0.705. The maximum absolute atomic E-state index is 12.1. The van der Waals surface area contributed by atoms with Gasteiger partial charge < -0.3 is 15.3 Å². The van der Waals surface area contributed by atoms with Gasteiger partial charge in [0, 0.05) is 12.6 Å². The summed E-state index contributed by atoms with van der Waals surface area (Å²) < 4.78 is 0. The minimum absolute atomic E-state index is 0.0610. The maximum Gasteiger partial charge on any atom is 0.326 e. The summed E-state index contributed by atoms with van der Waals surface area (Å²) >= 11 is 0. The smallest absolute Gasteiger partial charge is 0.326 e. The molecular formula is C13H24N2O3. The molecule has 0 aromatic heterocycles. The number of amides is 2. The molecule has 1 saturated carbocycles. The summed E-state index contributed by atoms with van der Waals surface area (Å²) in [5, 5.41) is 11.8. The highest BCUT2D eigenvalue weighted by Gasteiger charge is 2.34. The van der Waals surface area contributed by atoms with Gasteiger partial charge in [-0.05, 0) is 25.2 Å². The van der Waals surface area contributed by atoms with E-state index in [0.717, 1.165) is 25.7 Å². The van der Waals surface area contributed by atoms with Crippen molar-refractivity contribution in [2.24, 2.45) is 5.92 Å². The first-order valence-electron chi connectivity index (χ1n) is 6.81. The van der Waals surface area contributed by atoms with Gasteiger partial charge in [0.1, 0.15) is 6.04 Å². The molecule has 0 spiro atoms. The second-order valence-electron chi connectivity index (χ2n) is 5.08. The molecule has 0 aromatic rings. The van der Waals surface area contributed by atoms with Gasteiger partial charge in [0.05, 0.1) is 0 Å². The summed E-state index contributed by atoms with van der Waals surface area (Å²) in [6.07, 6.45) is 3.70. The average Bonchev–Trinajstić information content (AvgIpc) is 3.15. The number of carbonyl (C=O) groups is 2. The van der Waals surface area contributed by atoms with E-state index in [0.29, 0.717) is 12.6 Å². The molecule has 2 N–H and O–H groups in total.